The summed E-state index contributed by atoms with van der Waals surface area (Å²) in [5.74, 6) is -0.209. The Morgan fingerprint density at radius 2 is 1.65 bits per heavy atom. The molecule has 0 saturated heterocycles. The Labute approximate surface area is 154 Å². The van der Waals surface area contributed by atoms with Crippen molar-refractivity contribution >= 4 is 17.6 Å². The number of aryl methyl sites for hydroxylation is 2. The van der Waals surface area contributed by atoms with Gasteiger partial charge in [0, 0.05) is 5.69 Å². The molecule has 0 aliphatic rings. The lowest BCUT2D eigenvalue weighted by molar-refractivity contribution is -0.123. The van der Waals surface area contributed by atoms with E-state index in [1.54, 1.807) is 31.2 Å². The van der Waals surface area contributed by atoms with Gasteiger partial charge in [0.15, 0.2) is 6.10 Å². The first-order valence-electron chi connectivity index (χ1n) is 8.73. The molecule has 0 bridgehead atoms. The topological polar surface area (TPSA) is 64.6 Å². The van der Waals surface area contributed by atoms with E-state index in [1.165, 1.54) is 0 Å². The van der Waals surface area contributed by atoms with Gasteiger partial charge in [-0.15, -0.1) is 0 Å². The molecule has 138 valence electrons. The lowest BCUT2D eigenvalue weighted by atomic mass is 10.1. The normalized spacial score (nSPS) is 11.5. The molecule has 0 spiro atoms. The minimum Gasteiger partial charge on any atom is -0.494 e. The molecule has 2 aromatic carbocycles. The molecule has 0 heterocycles. The molecule has 0 fully saturated rings. The molecule has 0 aromatic heterocycles. The lowest BCUT2D eigenvalue weighted by Gasteiger charge is -2.16. The van der Waals surface area contributed by atoms with Crippen molar-refractivity contribution in [2.45, 2.75) is 40.2 Å². The van der Waals surface area contributed by atoms with Gasteiger partial charge in [-0.25, -0.2) is 4.79 Å². The third-order valence-electron chi connectivity index (χ3n) is 3.95. The Morgan fingerprint density at radius 3 is 2.23 bits per heavy atom. The number of ether oxygens (including phenoxy) is 2. The van der Waals surface area contributed by atoms with Gasteiger partial charge in [-0.2, -0.15) is 0 Å². The number of benzene rings is 2. The zero-order chi connectivity index (χ0) is 19.1. The van der Waals surface area contributed by atoms with E-state index >= 15 is 0 Å². The second-order valence-corrected chi connectivity index (χ2v) is 6.18. The molecule has 26 heavy (non-hydrogen) atoms. The number of hydrogen-bond acceptors (Lipinski definition) is 4. The van der Waals surface area contributed by atoms with E-state index in [0.717, 1.165) is 23.2 Å². The maximum absolute atomic E-state index is 12.3. The molecule has 0 aliphatic carbocycles. The van der Waals surface area contributed by atoms with Crippen molar-refractivity contribution in [2.75, 3.05) is 11.9 Å². The van der Waals surface area contributed by atoms with Crippen LogP contribution in [-0.2, 0) is 9.53 Å². The van der Waals surface area contributed by atoms with Crippen molar-refractivity contribution in [3.63, 3.8) is 0 Å². The number of nitrogens with one attached hydrogen (secondary N) is 1. The molecule has 1 atom stereocenters. The van der Waals surface area contributed by atoms with Crippen LogP contribution in [0.2, 0.25) is 0 Å². The number of carbonyl (C=O) groups is 2. The second-order valence-electron chi connectivity index (χ2n) is 6.18. The van der Waals surface area contributed by atoms with Crippen LogP contribution >= 0.6 is 0 Å². The van der Waals surface area contributed by atoms with E-state index in [0.29, 0.717) is 17.9 Å². The first-order valence-corrected chi connectivity index (χ1v) is 8.73. The van der Waals surface area contributed by atoms with Crippen molar-refractivity contribution < 1.29 is 19.1 Å². The predicted molar refractivity (Wildman–Crippen MR) is 102 cm³/mol. The molecule has 2 rings (SSSR count). The van der Waals surface area contributed by atoms with Crippen LogP contribution in [0.3, 0.4) is 0 Å². The highest BCUT2D eigenvalue weighted by molar-refractivity contribution is 5.98. The van der Waals surface area contributed by atoms with Gasteiger partial charge in [-0.05, 0) is 62.6 Å². The minimum atomic E-state index is -0.905. The Kier molecular flexibility index (Phi) is 6.78. The molecule has 1 amide bonds. The first-order chi connectivity index (χ1) is 12.4. The fourth-order valence-electron chi connectivity index (χ4n) is 2.43. The Balaban J connectivity index is 1.96. The molecule has 0 unspecified atom stereocenters. The van der Waals surface area contributed by atoms with Crippen molar-refractivity contribution in [3.8, 4) is 5.75 Å². The number of para-hydroxylation sites is 1. The Bertz CT molecular complexity index is 748. The Hall–Kier alpha value is -2.82. The second kappa shape index (κ2) is 9.04. The third kappa shape index (κ3) is 5.09. The maximum atomic E-state index is 12.3. The molecule has 5 nitrogen and oxygen atoms in total. The number of hydrogen-bond donors (Lipinski definition) is 1. The highest BCUT2D eigenvalue weighted by Crippen LogP contribution is 2.20. The average molecular weight is 355 g/mol. The average Bonchev–Trinajstić information content (AvgIpc) is 2.63. The predicted octanol–water partition coefficient (Wildman–Crippen LogP) is 4.28. The monoisotopic (exact) mass is 355 g/mol. The van der Waals surface area contributed by atoms with Crippen LogP contribution in [0.15, 0.2) is 42.5 Å². The summed E-state index contributed by atoms with van der Waals surface area (Å²) in [6.45, 7) is 8.04. The largest absolute Gasteiger partial charge is 0.494 e. The van der Waals surface area contributed by atoms with Crippen LogP contribution in [-0.4, -0.2) is 24.6 Å². The van der Waals surface area contributed by atoms with Gasteiger partial charge < -0.3 is 14.8 Å². The van der Waals surface area contributed by atoms with Crippen molar-refractivity contribution in [1.82, 2.24) is 0 Å². The number of rotatable bonds is 7. The van der Waals surface area contributed by atoms with Crippen molar-refractivity contribution in [2.24, 2.45) is 0 Å². The summed E-state index contributed by atoms with van der Waals surface area (Å²) < 4.78 is 10.8. The van der Waals surface area contributed by atoms with Gasteiger partial charge in [-0.1, -0.05) is 25.1 Å². The van der Waals surface area contributed by atoms with Gasteiger partial charge >= 0.3 is 5.97 Å². The fourth-order valence-corrected chi connectivity index (χ4v) is 2.43. The highest BCUT2D eigenvalue weighted by atomic mass is 16.5. The van der Waals surface area contributed by atoms with Gasteiger partial charge in [0.1, 0.15) is 5.75 Å². The molecule has 2 aromatic rings. The third-order valence-corrected chi connectivity index (χ3v) is 3.95. The van der Waals surface area contributed by atoms with E-state index in [2.05, 4.69) is 5.32 Å². The van der Waals surface area contributed by atoms with E-state index in [9.17, 15) is 9.59 Å². The number of carbonyl (C=O) groups excluding carboxylic acids is 2. The SMILES string of the molecule is CCCOc1ccc(C(=O)O[C@H](C)C(=O)Nc2c(C)cccc2C)cc1. The van der Waals surface area contributed by atoms with Crippen LogP contribution in [0.5, 0.6) is 5.75 Å². The van der Waals surface area contributed by atoms with Gasteiger partial charge in [0.25, 0.3) is 5.91 Å². The van der Waals surface area contributed by atoms with Gasteiger partial charge in [0.05, 0.1) is 12.2 Å². The molecule has 5 heteroatoms. The summed E-state index contributed by atoms with van der Waals surface area (Å²) in [6.07, 6.45) is 0.00840. The van der Waals surface area contributed by atoms with E-state index in [-0.39, 0.29) is 5.91 Å². The summed E-state index contributed by atoms with van der Waals surface area (Å²) in [5, 5.41) is 2.83. The quantitative estimate of drug-likeness (QED) is 0.753. The molecular weight excluding hydrogens is 330 g/mol. The minimum absolute atomic E-state index is 0.362. The van der Waals surface area contributed by atoms with Crippen LogP contribution in [0.25, 0.3) is 0 Å². The summed E-state index contributed by atoms with van der Waals surface area (Å²) in [5.41, 5.74) is 3.04. The van der Waals surface area contributed by atoms with Crippen LogP contribution in [0.1, 0.15) is 41.8 Å². The standard InChI is InChI=1S/C21H25NO4/c1-5-13-25-18-11-9-17(10-12-18)21(24)26-16(4)20(23)22-19-14(2)7-6-8-15(19)3/h6-12,16H,5,13H2,1-4H3,(H,22,23)/t16-/m1/s1. The summed E-state index contributed by atoms with van der Waals surface area (Å²) in [7, 11) is 0. The molecular formula is C21H25NO4. The van der Waals surface area contributed by atoms with Crippen molar-refractivity contribution in [1.29, 1.82) is 0 Å². The van der Waals surface area contributed by atoms with Crippen LogP contribution < -0.4 is 10.1 Å². The molecule has 0 radical (unpaired) electrons. The van der Waals surface area contributed by atoms with E-state index < -0.39 is 12.1 Å². The Morgan fingerprint density at radius 1 is 1.04 bits per heavy atom. The maximum Gasteiger partial charge on any atom is 0.338 e. The molecule has 0 saturated carbocycles. The summed E-state index contributed by atoms with van der Waals surface area (Å²) >= 11 is 0. The number of anilines is 1. The zero-order valence-corrected chi connectivity index (χ0v) is 15.7. The zero-order valence-electron chi connectivity index (χ0n) is 15.7. The van der Waals surface area contributed by atoms with E-state index in [4.69, 9.17) is 9.47 Å². The summed E-state index contributed by atoms with van der Waals surface area (Å²) in [4.78, 5) is 24.6. The smallest absolute Gasteiger partial charge is 0.338 e. The number of esters is 1. The highest BCUT2D eigenvalue weighted by Gasteiger charge is 2.20. The summed E-state index contributed by atoms with van der Waals surface area (Å²) in [6, 6.07) is 12.5. The van der Waals surface area contributed by atoms with Gasteiger partial charge in [0.2, 0.25) is 0 Å². The van der Waals surface area contributed by atoms with Crippen LogP contribution in [0, 0.1) is 13.8 Å². The molecule has 1 N–H and O–H groups in total. The van der Waals surface area contributed by atoms with Crippen LogP contribution in [0.4, 0.5) is 5.69 Å². The fraction of sp³-hybridized carbons (Fsp3) is 0.333. The van der Waals surface area contributed by atoms with E-state index in [1.807, 2.05) is 39.0 Å². The molecule has 0 aliphatic heterocycles. The van der Waals surface area contributed by atoms with Gasteiger partial charge in [-0.3, -0.25) is 4.79 Å². The lowest BCUT2D eigenvalue weighted by Crippen LogP contribution is -2.30. The number of amides is 1. The first kappa shape index (κ1) is 19.5. The van der Waals surface area contributed by atoms with Crippen molar-refractivity contribution in [3.05, 3.63) is 59.2 Å².